The minimum atomic E-state index is 0.499. The smallest absolute Gasteiger partial charge is 0.200 e. The first kappa shape index (κ1) is 6.99. The number of aromatic nitrogens is 2. The fourth-order valence-corrected chi connectivity index (χ4v) is 0.766. The van der Waals surface area contributed by atoms with Crippen molar-refractivity contribution in [2.24, 2.45) is 0 Å². The molecule has 0 saturated carbocycles. The average molecular weight is 136 g/mol. The molecule has 3 nitrogen and oxygen atoms in total. The van der Waals surface area contributed by atoms with Gasteiger partial charge < -0.3 is 5.73 Å². The number of rotatable bonds is 2. The first-order valence-corrected chi connectivity index (χ1v) is 3.32. The Balaban J connectivity index is 2.75. The van der Waals surface area contributed by atoms with Gasteiger partial charge in [-0.05, 0) is 6.42 Å². The summed E-state index contributed by atoms with van der Waals surface area (Å²) in [5.41, 5.74) is 6.37. The molecule has 1 rings (SSSR count). The van der Waals surface area contributed by atoms with Gasteiger partial charge in [0.2, 0.25) is 0 Å². The fourth-order valence-electron chi connectivity index (χ4n) is 0.766. The first-order valence-electron chi connectivity index (χ1n) is 3.32. The lowest BCUT2D eigenvalue weighted by atomic mass is 10.2. The second-order valence-corrected chi connectivity index (χ2v) is 2.13. The highest BCUT2D eigenvalue weighted by atomic mass is 14.9. The second kappa shape index (κ2) is 3.15. The summed E-state index contributed by atoms with van der Waals surface area (Å²) < 4.78 is 0. The molecule has 0 spiro atoms. The van der Waals surface area contributed by atoms with Crippen LogP contribution in [0.2, 0.25) is 0 Å². The van der Waals surface area contributed by atoms with Crippen LogP contribution < -0.4 is 5.73 Å². The van der Waals surface area contributed by atoms with E-state index in [4.69, 9.17) is 5.73 Å². The molecule has 0 aromatic carbocycles. The lowest BCUT2D eigenvalue weighted by Gasteiger charge is -1.95. The van der Waals surface area contributed by atoms with E-state index in [2.05, 4.69) is 23.2 Å². The van der Waals surface area contributed by atoms with E-state index in [1.165, 1.54) is 0 Å². The molecule has 0 atom stereocenters. The third-order valence-corrected chi connectivity index (χ3v) is 1.19. The van der Waals surface area contributed by atoms with Crippen molar-refractivity contribution >= 4 is 5.82 Å². The summed E-state index contributed by atoms with van der Waals surface area (Å²) in [6.45, 7) is 2.10. The standard InChI is InChI=1S/C7H10N3/c1-2-3-6-4-7(8)10-5-9-6/h4H,2-3H2,1H3,(H2,8,9,10). The van der Waals surface area contributed by atoms with E-state index in [0.717, 1.165) is 18.5 Å². The van der Waals surface area contributed by atoms with Gasteiger partial charge in [0.15, 0.2) is 6.33 Å². The molecule has 0 amide bonds. The molecule has 0 saturated heterocycles. The zero-order chi connectivity index (χ0) is 7.40. The van der Waals surface area contributed by atoms with Crippen molar-refractivity contribution in [1.82, 2.24) is 9.97 Å². The molecule has 0 aliphatic rings. The molecule has 1 radical (unpaired) electrons. The molecule has 10 heavy (non-hydrogen) atoms. The number of nitrogen functional groups attached to an aromatic ring is 1. The normalized spacial score (nSPS) is 9.70. The lowest BCUT2D eigenvalue weighted by molar-refractivity contribution is 0.871. The predicted molar refractivity (Wildman–Crippen MR) is 39.3 cm³/mol. The van der Waals surface area contributed by atoms with E-state index < -0.39 is 0 Å². The van der Waals surface area contributed by atoms with E-state index in [0.29, 0.717) is 5.82 Å². The largest absolute Gasteiger partial charge is 0.384 e. The number of hydrogen-bond acceptors (Lipinski definition) is 3. The zero-order valence-electron chi connectivity index (χ0n) is 5.96. The van der Waals surface area contributed by atoms with Crippen LogP contribution in [0.1, 0.15) is 19.0 Å². The van der Waals surface area contributed by atoms with E-state index in [9.17, 15) is 0 Å². The summed E-state index contributed by atoms with van der Waals surface area (Å²) in [4.78, 5) is 7.58. The van der Waals surface area contributed by atoms with Crippen molar-refractivity contribution in [3.8, 4) is 0 Å². The number of hydrogen-bond donors (Lipinski definition) is 1. The molecule has 1 heterocycles. The molecular weight excluding hydrogens is 126 g/mol. The average Bonchev–Trinajstić information content (AvgIpc) is 1.88. The van der Waals surface area contributed by atoms with Crippen molar-refractivity contribution in [2.75, 3.05) is 5.73 Å². The predicted octanol–water partition coefficient (Wildman–Crippen LogP) is 0.811. The van der Waals surface area contributed by atoms with Crippen LogP contribution in [-0.2, 0) is 6.42 Å². The number of anilines is 1. The van der Waals surface area contributed by atoms with Crippen molar-refractivity contribution in [3.63, 3.8) is 0 Å². The Labute approximate surface area is 60.3 Å². The molecule has 1 aromatic rings. The third-order valence-electron chi connectivity index (χ3n) is 1.19. The molecule has 0 fully saturated rings. The molecule has 0 bridgehead atoms. The van der Waals surface area contributed by atoms with Crippen LogP contribution in [0, 0.1) is 6.33 Å². The number of nitrogens with zero attached hydrogens (tertiary/aromatic N) is 2. The van der Waals surface area contributed by atoms with Crippen LogP contribution in [0.3, 0.4) is 0 Å². The van der Waals surface area contributed by atoms with Crippen LogP contribution >= 0.6 is 0 Å². The van der Waals surface area contributed by atoms with Gasteiger partial charge in [0.25, 0.3) is 0 Å². The first-order chi connectivity index (χ1) is 4.83. The van der Waals surface area contributed by atoms with Gasteiger partial charge >= 0.3 is 0 Å². The molecular formula is C7H10N3. The van der Waals surface area contributed by atoms with Gasteiger partial charge in [-0.25, -0.2) is 9.97 Å². The van der Waals surface area contributed by atoms with E-state index in [-0.39, 0.29) is 0 Å². The van der Waals surface area contributed by atoms with Crippen LogP contribution in [0.4, 0.5) is 5.82 Å². The van der Waals surface area contributed by atoms with Crippen LogP contribution in [-0.4, -0.2) is 9.97 Å². The minimum absolute atomic E-state index is 0.499. The maximum Gasteiger partial charge on any atom is 0.200 e. The van der Waals surface area contributed by atoms with Gasteiger partial charge in [0.1, 0.15) is 5.82 Å². The molecule has 0 aliphatic carbocycles. The van der Waals surface area contributed by atoms with Crippen LogP contribution in [0.5, 0.6) is 0 Å². The SMILES string of the molecule is CCCc1cc(N)n[c]n1. The topological polar surface area (TPSA) is 51.8 Å². The zero-order valence-corrected chi connectivity index (χ0v) is 5.96. The van der Waals surface area contributed by atoms with Crippen LogP contribution in [0.25, 0.3) is 0 Å². The van der Waals surface area contributed by atoms with Gasteiger partial charge in [-0.1, -0.05) is 13.3 Å². The molecule has 2 N–H and O–H groups in total. The van der Waals surface area contributed by atoms with E-state index in [1.807, 2.05) is 0 Å². The quantitative estimate of drug-likeness (QED) is 0.654. The van der Waals surface area contributed by atoms with Gasteiger partial charge in [0.05, 0.1) is 0 Å². The summed E-state index contributed by atoms with van der Waals surface area (Å²) in [7, 11) is 0. The number of nitrogens with two attached hydrogens (primary N) is 1. The van der Waals surface area contributed by atoms with Crippen LogP contribution in [0.15, 0.2) is 6.07 Å². The molecule has 53 valence electrons. The summed E-state index contributed by atoms with van der Waals surface area (Å²) in [6.07, 6.45) is 4.51. The minimum Gasteiger partial charge on any atom is -0.384 e. The lowest BCUT2D eigenvalue weighted by Crippen LogP contribution is -1.95. The Hall–Kier alpha value is -1.12. The Morgan fingerprint density at radius 2 is 2.40 bits per heavy atom. The van der Waals surface area contributed by atoms with Gasteiger partial charge in [0, 0.05) is 11.8 Å². The maximum absolute atomic E-state index is 5.41. The molecule has 1 aromatic heterocycles. The Morgan fingerprint density at radius 3 is 3.00 bits per heavy atom. The fraction of sp³-hybridized carbons (Fsp3) is 0.429. The Bertz CT molecular complexity index is 210. The highest BCUT2D eigenvalue weighted by molar-refractivity contribution is 5.27. The summed E-state index contributed by atoms with van der Waals surface area (Å²) in [5.74, 6) is 0.499. The summed E-state index contributed by atoms with van der Waals surface area (Å²) in [6, 6.07) is 1.78. The molecule has 0 aliphatic heterocycles. The molecule has 0 unspecified atom stereocenters. The monoisotopic (exact) mass is 136 g/mol. The third kappa shape index (κ3) is 1.69. The highest BCUT2D eigenvalue weighted by Gasteiger charge is 1.92. The Morgan fingerprint density at radius 1 is 1.60 bits per heavy atom. The van der Waals surface area contributed by atoms with Gasteiger partial charge in [-0.2, -0.15) is 0 Å². The summed E-state index contributed by atoms with van der Waals surface area (Å²) in [5, 5.41) is 0. The number of aryl methyl sites for hydroxylation is 1. The van der Waals surface area contributed by atoms with Gasteiger partial charge in [-0.3, -0.25) is 0 Å². The van der Waals surface area contributed by atoms with Crippen molar-refractivity contribution in [1.29, 1.82) is 0 Å². The van der Waals surface area contributed by atoms with E-state index in [1.54, 1.807) is 6.07 Å². The van der Waals surface area contributed by atoms with Crippen molar-refractivity contribution < 1.29 is 0 Å². The summed E-state index contributed by atoms with van der Waals surface area (Å²) >= 11 is 0. The molecule has 3 heteroatoms. The van der Waals surface area contributed by atoms with Gasteiger partial charge in [-0.15, -0.1) is 0 Å². The van der Waals surface area contributed by atoms with E-state index >= 15 is 0 Å². The van der Waals surface area contributed by atoms with Crippen molar-refractivity contribution in [3.05, 3.63) is 18.1 Å². The second-order valence-electron chi connectivity index (χ2n) is 2.13. The Kier molecular flexibility index (Phi) is 2.20. The van der Waals surface area contributed by atoms with Crippen molar-refractivity contribution in [2.45, 2.75) is 19.8 Å². The highest BCUT2D eigenvalue weighted by Crippen LogP contribution is 2.00. The maximum atomic E-state index is 5.41.